The van der Waals surface area contributed by atoms with Crippen molar-refractivity contribution >= 4 is 11.6 Å². The summed E-state index contributed by atoms with van der Waals surface area (Å²) in [5.74, 6) is 0.0716. The summed E-state index contributed by atoms with van der Waals surface area (Å²) in [5.41, 5.74) is 0.135. The van der Waals surface area contributed by atoms with Gasteiger partial charge in [-0.25, -0.2) is 4.39 Å². The molecule has 0 aliphatic heterocycles. The Morgan fingerprint density at radius 1 is 1.46 bits per heavy atom. The van der Waals surface area contributed by atoms with Crippen LogP contribution in [0.1, 0.15) is 19.4 Å². The van der Waals surface area contributed by atoms with E-state index in [9.17, 15) is 9.50 Å². The number of rotatable bonds is 2. The molecular weight excluding hydrogens is 191 g/mol. The van der Waals surface area contributed by atoms with E-state index in [1.165, 1.54) is 18.2 Å². The minimum absolute atomic E-state index is 0.0899. The Morgan fingerprint density at radius 3 is 2.62 bits per heavy atom. The van der Waals surface area contributed by atoms with Gasteiger partial charge in [0.1, 0.15) is 11.6 Å². The molecule has 0 fully saturated rings. The molecule has 0 radical (unpaired) electrons. The second-order valence-electron chi connectivity index (χ2n) is 3.68. The van der Waals surface area contributed by atoms with Crippen molar-refractivity contribution in [1.82, 2.24) is 0 Å². The first-order chi connectivity index (χ1) is 5.97. The van der Waals surface area contributed by atoms with Crippen molar-refractivity contribution in [2.24, 2.45) is 0 Å². The van der Waals surface area contributed by atoms with E-state index in [0.29, 0.717) is 11.4 Å². The third-order valence-corrected chi connectivity index (χ3v) is 2.69. The Hall–Kier alpha value is -0.760. The fourth-order valence-corrected chi connectivity index (χ4v) is 1.27. The zero-order valence-electron chi connectivity index (χ0n) is 7.64. The van der Waals surface area contributed by atoms with Crippen LogP contribution in [0, 0.1) is 5.82 Å². The molecule has 0 saturated carbocycles. The summed E-state index contributed by atoms with van der Waals surface area (Å²) in [6, 6.07) is 3.89. The lowest BCUT2D eigenvalue weighted by atomic mass is 9.86. The topological polar surface area (TPSA) is 20.2 Å². The molecule has 0 unspecified atom stereocenters. The molecule has 0 aliphatic carbocycles. The molecule has 0 bridgehead atoms. The van der Waals surface area contributed by atoms with Crippen molar-refractivity contribution in [2.45, 2.75) is 19.3 Å². The highest BCUT2D eigenvalue weighted by Gasteiger charge is 2.23. The molecule has 1 rings (SSSR count). The van der Waals surface area contributed by atoms with Gasteiger partial charge in [0.2, 0.25) is 0 Å². The molecule has 0 heterocycles. The predicted octanol–water partition coefficient (Wildman–Crippen LogP) is 3.05. The van der Waals surface area contributed by atoms with Crippen molar-refractivity contribution in [1.29, 1.82) is 0 Å². The van der Waals surface area contributed by atoms with E-state index in [1.54, 1.807) is 0 Å². The highest BCUT2D eigenvalue weighted by molar-refractivity contribution is 6.18. The average molecular weight is 203 g/mol. The van der Waals surface area contributed by atoms with Crippen molar-refractivity contribution in [3.63, 3.8) is 0 Å². The fourth-order valence-electron chi connectivity index (χ4n) is 1.12. The smallest absolute Gasteiger partial charge is 0.123 e. The third-order valence-electron chi connectivity index (χ3n) is 2.02. The highest BCUT2D eigenvalue weighted by Crippen LogP contribution is 2.32. The zero-order valence-corrected chi connectivity index (χ0v) is 8.40. The maximum absolute atomic E-state index is 12.9. The van der Waals surface area contributed by atoms with Gasteiger partial charge in [-0.3, -0.25) is 0 Å². The normalized spacial score (nSPS) is 11.7. The minimum atomic E-state index is -0.409. The van der Waals surface area contributed by atoms with E-state index < -0.39 is 5.41 Å². The summed E-state index contributed by atoms with van der Waals surface area (Å²) in [5, 5.41) is 9.48. The molecule has 1 aromatic rings. The Balaban J connectivity index is 3.20. The number of phenols is 1. The number of hydrogen-bond acceptors (Lipinski definition) is 1. The van der Waals surface area contributed by atoms with Crippen LogP contribution < -0.4 is 0 Å². The van der Waals surface area contributed by atoms with Gasteiger partial charge in [-0.2, -0.15) is 0 Å². The van der Waals surface area contributed by atoms with E-state index >= 15 is 0 Å². The van der Waals surface area contributed by atoms with Gasteiger partial charge >= 0.3 is 0 Å². The standard InChI is InChI=1S/C10H12ClFO/c1-10(2,6-11)8-5-7(12)3-4-9(8)13/h3-5,13H,6H2,1-2H3. The average Bonchev–Trinajstić information content (AvgIpc) is 2.09. The maximum Gasteiger partial charge on any atom is 0.123 e. The first-order valence-electron chi connectivity index (χ1n) is 4.02. The lowest BCUT2D eigenvalue weighted by Crippen LogP contribution is -2.19. The predicted molar refractivity (Wildman–Crippen MR) is 51.8 cm³/mol. The summed E-state index contributed by atoms with van der Waals surface area (Å²) in [7, 11) is 0. The molecule has 0 aromatic heterocycles. The van der Waals surface area contributed by atoms with Crippen molar-refractivity contribution in [3.8, 4) is 5.75 Å². The largest absolute Gasteiger partial charge is 0.508 e. The van der Waals surface area contributed by atoms with Gasteiger partial charge in [0, 0.05) is 16.9 Å². The first kappa shape index (κ1) is 10.3. The van der Waals surface area contributed by atoms with Crippen LogP contribution >= 0.6 is 11.6 Å². The van der Waals surface area contributed by atoms with Gasteiger partial charge < -0.3 is 5.11 Å². The van der Waals surface area contributed by atoms with Gasteiger partial charge in [-0.15, -0.1) is 11.6 Å². The van der Waals surface area contributed by atoms with E-state index in [2.05, 4.69) is 0 Å². The van der Waals surface area contributed by atoms with Crippen molar-refractivity contribution in [2.75, 3.05) is 5.88 Å². The molecule has 1 N–H and O–H groups in total. The molecule has 0 amide bonds. The number of aromatic hydroxyl groups is 1. The number of alkyl halides is 1. The summed E-state index contributed by atoms with van der Waals surface area (Å²) in [6.45, 7) is 3.71. The van der Waals surface area contributed by atoms with Crippen LogP contribution in [0.2, 0.25) is 0 Å². The second kappa shape index (κ2) is 3.54. The van der Waals surface area contributed by atoms with Gasteiger partial charge in [0.15, 0.2) is 0 Å². The minimum Gasteiger partial charge on any atom is -0.508 e. The van der Waals surface area contributed by atoms with Crippen LogP contribution in [-0.2, 0) is 5.41 Å². The van der Waals surface area contributed by atoms with Crippen LogP contribution in [0.25, 0.3) is 0 Å². The molecule has 0 saturated heterocycles. The quantitative estimate of drug-likeness (QED) is 0.731. The maximum atomic E-state index is 12.9. The van der Waals surface area contributed by atoms with Gasteiger partial charge in [0.05, 0.1) is 0 Å². The molecule has 0 spiro atoms. The number of halogens is 2. The number of phenolic OH excluding ortho intramolecular Hbond substituents is 1. The summed E-state index contributed by atoms with van der Waals surface area (Å²) in [6.07, 6.45) is 0. The fraction of sp³-hybridized carbons (Fsp3) is 0.400. The molecule has 3 heteroatoms. The third kappa shape index (κ3) is 2.13. The molecular formula is C10H12ClFO. The van der Waals surface area contributed by atoms with E-state index in [4.69, 9.17) is 11.6 Å². The Labute approximate surface area is 82.2 Å². The van der Waals surface area contributed by atoms with E-state index in [1.807, 2.05) is 13.8 Å². The molecule has 1 aromatic carbocycles. The van der Waals surface area contributed by atoms with Crippen LogP contribution in [0.15, 0.2) is 18.2 Å². The van der Waals surface area contributed by atoms with Gasteiger partial charge in [-0.1, -0.05) is 13.8 Å². The molecule has 1 nitrogen and oxygen atoms in total. The van der Waals surface area contributed by atoms with Crippen LogP contribution in [0.4, 0.5) is 4.39 Å². The SMILES string of the molecule is CC(C)(CCl)c1cc(F)ccc1O. The van der Waals surface area contributed by atoms with Gasteiger partial charge in [-0.05, 0) is 18.2 Å². The second-order valence-corrected chi connectivity index (χ2v) is 3.95. The van der Waals surface area contributed by atoms with E-state index in [0.717, 1.165) is 0 Å². The van der Waals surface area contributed by atoms with Crippen LogP contribution in [-0.4, -0.2) is 11.0 Å². The summed E-state index contributed by atoms with van der Waals surface area (Å²) < 4.78 is 12.9. The molecule has 0 aliphatic rings. The number of hydrogen-bond donors (Lipinski definition) is 1. The first-order valence-corrected chi connectivity index (χ1v) is 4.56. The van der Waals surface area contributed by atoms with Crippen molar-refractivity contribution < 1.29 is 9.50 Å². The monoisotopic (exact) mass is 202 g/mol. The molecule has 72 valence electrons. The van der Waals surface area contributed by atoms with E-state index in [-0.39, 0.29) is 11.6 Å². The molecule has 13 heavy (non-hydrogen) atoms. The number of benzene rings is 1. The summed E-state index contributed by atoms with van der Waals surface area (Å²) in [4.78, 5) is 0. The van der Waals surface area contributed by atoms with Gasteiger partial charge in [0.25, 0.3) is 0 Å². The Kier molecular flexibility index (Phi) is 2.81. The van der Waals surface area contributed by atoms with Crippen molar-refractivity contribution in [3.05, 3.63) is 29.6 Å². The lowest BCUT2D eigenvalue weighted by molar-refractivity contribution is 0.444. The summed E-state index contributed by atoms with van der Waals surface area (Å²) >= 11 is 5.72. The Morgan fingerprint density at radius 2 is 2.08 bits per heavy atom. The van der Waals surface area contributed by atoms with Crippen LogP contribution in [0.5, 0.6) is 5.75 Å². The highest BCUT2D eigenvalue weighted by atomic mass is 35.5. The molecule has 0 atom stereocenters. The van der Waals surface area contributed by atoms with Crippen LogP contribution in [0.3, 0.4) is 0 Å². The zero-order chi connectivity index (χ0) is 10.1. The Bertz CT molecular complexity index is 310. The lowest BCUT2D eigenvalue weighted by Gasteiger charge is -2.22.